The molecular formula is C19H24N2O6. The van der Waals surface area contributed by atoms with Gasteiger partial charge in [-0.15, -0.1) is 0 Å². The van der Waals surface area contributed by atoms with Crippen molar-refractivity contribution in [3.8, 4) is 5.75 Å². The van der Waals surface area contributed by atoms with Crippen molar-refractivity contribution >= 4 is 22.8 Å². The Morgan fingerprint density at radius 1 is 1.15 bits per heavy atom. The van der Waals surface area contributed by atoms with E-state index in [4.69, 9.17) is 13.9 Å². The molecule has 27 heavy (non-hydrogen) atoms. The van der Waals surface area contributed by atoms with Gasteiger partial charge in [-0.25, -0.2) is 4.79 Å². The Morgan fingerprint density at radius 2 is 1.93 bits per heavy atom. The van der Waals surface area contributed by atoms with Crippen LogP contribution >= 0.6 is 0 Å². The van der Waals surface area contributed by atoms with Crippen LogP contribution in [-0.4, -0.2) is 45.7 Å². The summed E-state index contributed by atoms with van der Waals surface area (Å²) in [6.45, 7) is 2.49. The largest absolute Gasteiger partial charge is 0.497 e. The minimum absolute atomic E-state index is 0.0820. The summed E-state index contributed by atoms with van der Waals surface area (Å²) in [5, 5.41) is 5.93. The highest BCUT2D eigenvalue weighted by Crippen LogP contribution is 2.24. The highest BCUT2D eigenvalue weighted by Gasteiger charge is 2.14. The number of carbonyl (C=O) groups excluding carboxylic acids is 2. The molecule has 8 nitrogen and oxygen atoms in total. The van der Waals surface area contributed by atoms with Gasteiger partial charge in [-0.05, 0) is 31.0 Å². The van der Waals surface area contributed by atoms with Crippen LogP contribution in [0.3, 0.4) is 0 Å². The van der Waals surface area contributed by atoms with Crippen LogP contribution in [0.2, 0.25) is 0 Å². The number of ether oxygens (including phenoxy) is 2. The molecule has 0 saturated heterocycles. The molecule has 1 aromatic carbocycles. The molecule has 0 radical (unpaired) electrons. The molecule has 0 saturated carbocycles. The molecule has 0 atom stereocenters. The molecule has 2 aromatic rings. The van der Waals surface area contributed by atoms with Gasteiger partial charge in [0.25, 0.3) is 0 Å². The number of benzene rings is 1. The standard InChI is InChI=1S/C19H24N2O6/c1-12-14-5-4-13(26-3)10-16(14)27-19(24)15(12)6-7-17(22)21-11-18(23)20-8-9-25-2/h4-5,10H,6-9,11H2,1-3H3,(H,20,23)(H,21,22). The van der Waals surface area contributed by atoms with Crippen molar-refractivity contribution in [2.24, 2.45) is 0 Å². The first-order valence-electron chi connectivity index (χ1n) is 8.59. The van der Waals surface area contributed by atoms with Crippen LogP contribution < -0.4 is 21.0 Å². The van der Waals surface area contributed by atoms with Crippen LogP contribution in [0.4, 0.5) is 0 Å². The smallest absolute Gasteiger partial charge is 0.339 e. The summed E-state index contributed by atoms with van der Waals surface area (Å²) in [4.78, 5) is 35.8. The number of rotatable bonds is 9. The van der Waals surface area contributed by atoms with Gasteiger partial charge < -0.3 is 24.5 Å². The van der Waals surface area contributed by atoms with Gasteiger partial charge in [-0.1, -0.05) is 0 Å². The third-order valence-electron chi connectivity index (χ3n) is 4.17. The molecule has 0 aliphatic heterocycles. The van der Waals surface area contributed by atoms with E-state index in [1.807, 2.05) is 13.0 Å². The van der Waals surface area contributed by atoms with Gasteiger partial charge >= 0.3 is 5.63 Å². The van der Waals surface area contributed by atoms with Gasteiger partial charge in [0.1, 0.15) is 11.3 Å². The molecule has 0 fully saturated rings. The lowest BCUT2D eigenvalue weighted by atomic mass is 10.0. The maximum absolute atomic E-state index is 12.3. The van der Waals surface area contributed by atoms with E-state index in [2.05, 4.69) is 10.6 Å². The first kappa shape index (κ1) is 20.4. The van der Waals surface area contributed by atoms with E-state index in [1.54, 1.807) is 12.1 Å². The van der Waals surface area contributed by atoms with Gasteiger partial charge in [0.15, 0.2) is 0 Å². The highest BCUT2D eigenvalue weighted by atomic mass is 16.5. The molecule has 0 aliphatic rings. The van der Waals surface area contributed by atoms with Gasteiger partial charge in [-0.2, -0.15) is 0 Å². The Balaban J connectivity index is 1.97. The van der Waals surface area contributed by atoms with E-state index < -0.39 is 5.63 Å². The summed E-state index contributed by atoms with van der Waals surface area (Å²) >= 11 is 0. The quantitative estimate of drug-likeness (QED) is 0.498. The van der Waals surface area contributed by atoms with Crippen molar-refractivity contribution in [3.05, 3.63) is 39.7 Å². The van der Waals surface area contributed by atoms with Crippen molar-refractivity contribution in [2.75, 3.05) is 33.9 Å². The lowest BCUT2D eigenvalue weighted by molar-refractivity contribution is -0.126. The highest BCUT2D eigenvalue weighted by molar-refractivity contribution is 5.85. The lowest BCUT2D eigenvalue weighted by Crippen LogP contribution is -2.38. The van der Waals surface area contributed by atoms with Gasteiger partial charge in [-0.3, -0.25) is 9.59 Å². The number of hydrogen-bond acceptors (Lipinski definition) is 6. The van der Waals surface area contributed by atoms with Crippen LogP contribution in [0.25, 0.3) is 11.0 Å². The Morgan fingerprint density at radius 3 is 2.63 bits per heavy atom. The molecule has 2 rings (SSSR count). The van der Waals surface area contributed by atoms with Crippen molar-refractivity contribution < 1.29 is 23.5 Å². The number of methoxy groups -OCH3 is 2. The van der Waals surface area contributed by atoms with Crippen molar-refractivity contribution in [3.63, 3.8) is 0 Å². The molecule has 2 N–H and O–H groups in total. The molecule has 2 amide bonds. The fraction of sp³-hybridized carbons (Fsp3) is 0.421. The normalized spacial score (nSPS) is 10.6. The van der Waals surface area contributed by atoms with E-state index in [0.29, 0.717) is 30.0 Å². The zero-order valence-electron chi connectivity index (χ0n) is 15.7. The minimum atomic E-state index is -0.474. The molecule has 0 unspecified atom stereocenters. The number of aryl methyl sites for hydroxylation is 1. The fourth-order valence-electron chi connectivity index (χ4n) is 2.65. The third-order valence-corrected chi connectivity index (χ3v) is 4.17. The zero-order chi connectivity index (χ0) is 19.8. The number of nitrogens with one attached hydrogen (secondary N) is 2. The molecule has 1 heterocycles. The zero-order valence-corrected chi connectivity index (χ0v) is 15.7. The first-order valence-corrected chi connectivity index (χ1v) is 8.59. The summed E-state index contributed by atoms with van der Waals surface area (Å²) in [6, 6.07) is 5.26. The summed E-state index contributed by atoms with van der Waals surface area (Å²) in [5.74, 6) is -0.0118. The van der Waals surface area contributed by atoms with Crippen LogP contribution in [0.5, 0.6) is 5.75 Å². The predicted molar refractivity (Wildman–Crippen MR) is 100.0 cm³/mol. The van der Waals surface area contributed by atoms with Crippen LogP contribution in [0, 0.1) is 6.92 Å². The van der Waals surface area contributed by atoms with Gasteiger partial charge in [0.05, 0.1) is 20.3 Å². The van der Waals surface area contributed by atoms with Crippen LogP contribution in [-0.2, 0) is 20.7 Å². The van der Waals surface area contributed by atoms with E-state index in [-0.39, 0.29) is 31.2 Å². The first-order chi connectivity index (χ1) is 13.0. The molecule has 8 heteroatoms. The summed E-state index contributed by atoms with van der Waals surface area (Å²) in [5.41, 5.74) is 1.19. The third kappa shape index (κ3) is 5.55. The molecule has 0 spiro atoms. The van der Waals surface area contributed by atoms with E-state index in [1.165, 1.54) is 14.2 Å². The second-order valence-corrected chi connectivity index (χ2v) is 5.97. The van der Waals surface area contributed by atoms with E-state index >= 15 is 0 Å². The predicted octanol–water partition coefficient (Wildman–Crippen LogP) is 0.921. The van der Waals surface area contributed by atoms with Crippen LogP contribution in [0.1, 0.15) is 17.5 Å². The summed E-state index contributed by atoms with van der Waals surface area (Å²) in [7, 11) is 3.08. The number of fused-ring (bicyclic) bond motifs is 1. The van der Waals surface area contributed by atoms with Gasteiger partial charge in [0.2, 0.25) is 11.8 Å². The van der Waals surface area contributed by atoms with E-state index in [0.717, 1.165) is 10.9 Å². The maximum Gasteiger partial charge on any atom is 0.339 e. The number of carbonyl (C=O) groups is 2. The van der Waals surface area contributed by atoms with Crippen LogP contribution in [0.15, 0.2) is 27.4 Å². The van der Waals surface area contributed by atoms with Crippen molar-refractivity contribution in [1.82, 2.24) is 10.6 Å². The second-order valence-electron chi connectivity index (χ2n) is 5.97. The Kier molecular flexibility index (Phi) is 7.36. The molecule has 0 aliphatic carbocycles. The average Bonchev–Trinajstić information content (AvgIpc) is 2.65. The molecule has 1 aromatic heterocycles. The Labute approximate surface area is 156 Å². The van der Waals surface area contributed by atoms with Crippen molar-refractivity contribution in [1.29, 1.82) is 0 Å². The molecular weight excluding hydrogens is 352 g/mol. The van der Waals surface area contributed by atoms with E-state index in [9.17, 15) is 14.4 Å². The fourth-order valence-corrected chi connectivity index (χ4v) is 2.65. The SMILES string of the molecule is COCCNC(=O)CNC(=O)CCc1c(C)c2ccc(OC)cc2oc1=O. The Hall–Kier alpha value is -2.87. The molecule has 146 valence electrons. The summed E-state index contributed by atoms with van der Waals surface area (Å²) in [6.07, 6.45) is 0.311. The minimum Gasteiger partial charge on any atom is -0.497 e. The average molecular weight is 376 g/mol. The second kappa shape index (κ2) is 9.72. The molecule has 0 bridgehead atoms. The van der Waals surface area contributed by atoms with Crippen molar-refractivity contribution in [2.45, 2.75) is 19.8 Å². The maximum atomic E-state index is 12.3. The van der Waals surface area contributed by atoms with Gasteiger partial charge in [0, 0.05) is 37.1 Å². The summed E-state index contributed by atoms with van der Waals surface area (Å²) < 4.78 is 15.3. The monoisotopic (exact) mass is 376 g/mol. The number of hydrogen-bond donors (Lipinski definition) is 2. The number of amides is 2. The lowest BCUT2D eigenvalue weighted by Gasteiger charge is -2.09. The Bertz CT molecular complexity index is 874. The topological polar surface area (TPSA) is 107 Å².